The minimum absolute atomic E-state index is 0.0639. The van der Waals surface area contributed by atoms with Crippen LogP contribution in [-0.4, -0.2) is 17.5 Å². The van der Waals surface area contributed by atoms with Crippen molar-refractivity contribution in [3.8, 4) is 0 Å². The van der Waals surface area contributed by atoms with Crippen molar-refractivity contribution in [1.82, 2.24) is 0 Å². The number of rotatable bonds is 4. The molecule has 0 saturated heterocycles. The van der Waals surface area contributed by atoms with Crippen molar-refractivity contribution in [2.75, 3.05) is 6.61 Å². The first-order valence-electron chi connectivity index (χ1n) is 4.98. The minimum Gasteiger partial charge on any atom is -0.462 e. The molecular formula is C11H13NO4. The number of carbonyl (C=O) groups is 1. The van der Waals surface area contributed by atoms with Gasteiger partial charge in [-0.2, -0.15) is 0 Å². The van der Waals surface area contributed by atoms with Gasteiger partial charge in [-0.1, -0.05) is 13.0 Å². The van der Waals surface area contributed by atoms with Gasteiger partial charge in [-0.3, -0.25) is 10.1 Å². The van der Waals surface area contributed by atoms with Crippen molar-refractivity contribution >= 4 is 11.7 Å². The van der Waals surface area contributed by atoms with E-state index in [2.05, 4.69) is 0 Å². The molecule has 0 aromatic heterocycles. The highest BCUT2D eigenvalue weighted by Crippen LogP contribution is 2.19. The van der Waals surface area contributed by atoms with E-state index in [9.17, 15) is 14.9 Å². The summed E-state index contributed by atoms with van der Waals surface area (Å²) in [6.45, 7) is 3.82. The number of ether oxygens (including phenoxy) is 1. The molecule has 0 aliphatic heterocycles. The van der Waals surface area contributed by atoms with Gasteiger partial charge in [0.1, 0.15) is 0 Å². The van der Waals surface area contributed by atoms with E-state index in [1.165, 1.54) is 12.1 Å². The maximum atomic E-state index is 11.4. The first-order chi connectivity index (χ1) is 7.56. The Morgan fingerprint density at radius 3 is 2.75 bits per heavy atom. The van der Waals surface area contributed by atoms with E-state index in [1.54, 1.807) is 13.0 Å². The maximum Gasteiger partial charge on any atom is 0.338 e. The summed E-state index contributed by atoms with van der Waals surface area (Å²) >= 11 is 0. The highest BCUT2D eigenvalue weighted by Gasteiger charge is 2.15. The molecule has 5 heteroatoms. The number of hydrogen-bond acceptors (Lipinski definition) is 4. The third-order valence-corrected chi connectivity index (χ3v) is 2.08. The number of hydrogen-bond donors (Lipinski definition) is 0. The van der Waals surface area contributed by atoms with Gasteiger partial charge in [0.25, 0.3) is 5.69 Å². The van der Waals surface area contributed by atoms with Crippen molar-refractivity contribution in [3.63, 3.8) is 0 Å². The lowest BCUT2D eigenvalue weighted by atomic mass is 10.1. The van der Waals surface area contributed by atoms with Crippen LogP contribution in [0.25, 0.3) is 0 Å². The van der Waals surface area contributed by atoms with Gasteiger partial charge in [0.15, 0.2) is 0 Å². The zero-order valence-corrected chi connectivity index (χ0v) is 9.23. The molecule has 1 rings (SSSR count). The lowest BCUT2D eigenvalue weighted by Crippen LogP contribution is -2.06. The number of carbonyl (C=O) groups excluding carboxylic acids is 1. The van der Waals surface area contributed by atoms with E-state index < -0.39 is 10.9 Å². The summed E-state index contributed by atoms with van der Waals surface area (Å²) in [5.74, 6) is -0.523. The van der Waals surface area contributed by atoms with Gasteiger partial charge < -0.3 is 4.74 Å². The summed E-state index contributed by atoms with van der Waals surface area (Å²) in [6, 6.07) is 4.31. The SMILES string of the molecule is CCCOC(=O)c1ccc(C)c([N+](=O)[O-])c1. The van der Waals surface area contributed by atoms with Crippen molar-refractivity contribution < 1.29 is 14.5 Å². The Bertz CT molecular complexity index is 414. The van der Waals surface area contributed by atoms with Crippen molar-refractivity contribution in [1.29, 1.82) is 0 Å². The van der Waals surface area contributed by atoms with E-state index in [4.69, 9.17) is 4.74 Å². The first-order valence-corrected chi connectivity index (χ1v) is 4.98. The Kier molecular flexibility index (Phi) is 3.99. The van der Waals surface area contributed by atoms with Crippen LogP contribution in [0.15, 0.2) is 18.2 Å². The summed E-state index contributed by atoms with van der Waals surface area (Å²) in [5, 5.41) is 10.7. The molecule has 0 radical (unpaired) electrons. The molecule has 5 nitrogen and oxygen atoms in total. The summed E-state index contributed by atoms with van der Waals surface area (Å²) in [7, 11) is 0. The third kappa shape index (κ3) is 2.79. The molecule has 0 heterocycles. The average molecular weight is 223 g/mol. The van der Waals surface area contributed by atoms with Crippen LogP contribution in [0.4, 0.5) is 5.69 Å². The first kappa shape index (κ1) is 12.2. The number of esters is 1. The van der Waals surface area contributed by atoms with Crippen LogP contribution in [0.2, 0.25) is 0 Å². The number of nitro groups is 1. The smallest absolute Gasteiger partial charge is 0.338 e. The number of aryl methyl sites for hydroxylation is 1. The van der Waals surface area contributed by atoms with Gasteiger partial charge in [-0.25, -0.2) is 4.79 Å². The molecule has 0 atom stereocenters. The highest BCUT2D eigenvalue weighted by atomic mass is 16.6. The number of benzene rings is 1. The summed E-state index contributed by atoms with van der Waals surface area (Å²) in [4.78, 5) is 21.6. The van der Waals surface area contributed by atoms with Crippen molar-refractivity contribution in [3.05, 3.63) is 39.4 Å². The molecule has 0 unspecified atom stereocenters. The van der Waals surface area contributed by atoms with Crippen LogP contribution in [0.1, 0.15) is 29.3 Å². The van der Waals surface area contributed by atoms with Gasteiger partial charge in [0, 0.05) is 11.6 Å². The molecule has 0 bridgehead atoms. The van der Waals surface area contributed by atoms with Gasteiger partial charge in [-0.15, -0.1) is 0 Å². The van der Waals surface area contributed by atoms with E-state index in [0.717, 1.165) is 6.42 Å². The highest BCUT2D eigenvalue weighted by molar-refractivity contribution is 5.90. The Morgan fingerprint density at radius 1 is 1.50 bits per heavy atom. The average Bonchev–Trinajstić information content (AvgIpc) is 2.26. The molecule has 0 amide bonds. The Hall–Kier alpha value is -1.91. The fraction of sp³-hybridized carbons (Fsp3) is 0.364. The molecule has 1 aromatic rings. The van der Waals surface area contributed by atoms with Gasteiger partial charge >= 0.3 is 5.97 Å². The quantitative estimate of drug-likeness (QED) is 0.446. The summed E-state index contributed by atoms with van der Waals surface area (Å²) in [6.07, 6.45) is 0.722. The van der Waals surface area contributed by atoms with Crippen LogP contribution >= 0.6 is 0 Å². The molecule has 0 aliphatic rings. The lowest BCUT2D eigenvalue weighted by molar-refractivity contribution is -0.385. The second kappa shape index (κ2) is 5.25. The normalized spacial score (nSPS) is 9.88. The van der Waals surface area contributed by atoms with Crippen molar-refractivity contribution in [2.24, 2.45) is 0 Å². The third-order valence-electron chi connectivity index (χ3n) is 2.08. The van der Waals surface area contributed by atoms with Gasteiger partial charge in [0.05, 0.1) is 17.1 Å². The molecule has 16 heavy (non-hydrogen) atoms. The standard InChI is InChI=1S/C11H13NO4/c1-3-6-16-11(13)9-5-4-8(2)10(7-9)12(14)15/h4-5,7H,3,6H2,1-2H3. The van der Waals surface area contributed by atoms with Crippen LogP contribution in [0.5, 0.6) is 0 Å². The topological polar surface area (TPSA) is 69.4 Å². The van der Waals surface area contributed by atoms with Crippen LogP contribution in [0.3, 0.4) is 0 Å². The summed E-state index contributed by atoms with van der Waals surface area (Å²) < 4.78 is 4.89. The van der Waals surface area contributed by atoms with E-state index in [1.807, 2.05) is 6.92 Å². The lowest BCUT2D eigenvalue weighted by Gasteiger charge is -2.03. The molecule has 86 valence electrons. The molecule has 0 aliphatic carbocycles. The van der Waals surface area contributed by atoms with E-state index >= 15 is 0 Å². The molecule has 1 aromatic carbocycles. The Labute approximate surface area is 93.2 Å². The van der Waals surface area contributed by atoms with Crippen LogP contribution < -0.4 is 0 Å². The zero-order valence-electron chi connectivity index (χ0n) is 9.23. The predicted molar refractivity (Wildman–Crippen MR) is 58.4 cm³/mol. The summed E-state index contributed by atoms with van der Waals surface area (Å²) in [5.41, 5.74) is 0.675. The predicted octanol–water partition coefficient (Wildman–Crippen LogP) is 2.47. The number of nitro benzene ring substituents is 1. The minimum atomic E-state index is -0.523. The molecule has 0 saturated carbocycles. The second-order valence-electron chi connectivity index (χ2n) is 3.39. The molecule has 0 spiro atoms. The van der Waals surface area contributed by atoms with Gasteiger partial charge in [0.2, 0.25) is 0 Å². The fourth-order valence-corrected chi connectivity index (χ4v) is 1.21. The van der Waals surface area contributed by atoms with E-state index in [0.29, 0.717) is 12.2 Å². The molecular weight excluding hydrogens is 210 g/mol. The molecule has 0 fully saturated rings. The fourth-order valence-electron chi connectivity index (χ4n) is 1.21. The monoisotopic (exact) mass is 223 g/mol. The Balaban J connectivity index is 2.94. The Morgan fingerprint density at radius 2 is 2.19 bits per heavy atom. The second-order valence-corrected chi connectivity index (χ2v) is 3.39. The van der Waals surface area contributed by atoms with Crippen LogP contribution in [-0.2, 0) is 4.74 Å². The maximum absolute atomic E-state index is 11.4. The van der Waals surface area contributed by atoms with Crippen molar-refractivity contribution in [2.45, 2.75) is 20.3 Å². The van der Waals surface area contributed by atoms with Crippen LogP contribution in [0, 0.1) is 17.0 Å². The molecule has 0 N–H and O–H groups in total. The zero-order chi connectivity index (χ0) is 12.1. The van der Waals surface area contributed by atoms with E-state index in [-0.39, 0.29) is 11.3 Å². The number of nitrogens with zero attached hydrogens (tertiary/aromatic N) is 1. The largest absolute Gasteiger partial charge is 0.462 e. The van der Waals surface area contributed by atoms with Gasteiger partial charge in [-0.05, 0) is 19.4 Å².